The molecule has 1 N–H and O–H groups in total. The second kappa shape index (κ2) is 13.6. The van der Waals surface area contributed by atoms with Crippen LogP contribution in [-0.4, -0.2) is 82.3 Å². The number of ether oxygens (including phenoxy) is 2. The van der Waals surface area contributed by atoms with Gasteiger partial charge in [-0.3, -0.25) is 14.4 Å². The van der Waals surface area contributed by atoms with Crippen molar-refractivity contribution < 1.29 is 29.0 Å². The number of aliphatic hydroxyl groups is 1. The quantitative estimate of drug-likeness (QED) is 0.170. The molecule has 2 amide bonds. The number of carbonyl (C=O) groups is 3. The van der Waals surface area contributed by atoms with Gasteiger partial charge in [0.1, 0.15) is 17.6 Å². The summed E-state index contributed by atoms with van der Waals surface area (Å²) in [5.74, 6) is -2.03. The summed E-state index contributed by atoms with van der Waals surface area (Å²) in [6, 6.07) is -0.626. The number of hydrogen-bond acceptors (Lipinski definition) is 6. The van der Waals surface area contributed by atoms with E-state index in [1.807, 2.05) is 17.9 Å². The molecular formula is C32H50N2O6. The molecule has 3 saturated heterocycles. The van der Waals surface area contributed by atoms with Gasteiger partial charge in [0.2, 0.25) is 11.8 Å². The number of nitrogens with zero attached hydrogens (tertiary/aromatic N) is 2. The van der Waals surface area contributed by atoms with Gasteiger partial charge in [0.25, 0.3) is 0 Å². The first-order chi connectivity index (χ1) is 19.3. The van der Waals surface area contributed by atoms with Crippen LogP contribution in [0.3, 0.4) is 0 Å². The Hall–Kier alpha value is -2.19. The molecule has 4 fully saturated rings. The SMILES string of the molecule is C=CCCCCOC(=O)[C@H]1[C@H]2C(=O)N(CCCCCCO)C(C(=O)N(CC=C)C3CCCCC3)C23CC[C@]1(C)O3. The van der Waals surface area contributed by atoms with E-state index in [-0.39, 0.29) is 30.4 Å². The Balaban J connectivity index is 1.61. The highest BCUT2D eigenvalue weighted by Gasteiger charge is 2.78. The molecule has 2 bridgehead atoms. The summed E-state index contributed by atoms with van der Waals surface area (Å²) < 4.78 is 12.5. The molecule has 1 aliphatic carbocycles. The number of aliphatic hydroxyl groups excluding tert-OH is 1. The van der Waals surface area contributed by atoms with Crippen LogP contribution in [0.25, 0.3) is 0 Å². The Kier molecular flexibility index (Phi) is 10.5. The minimum Gasteiger partial charge on any atom is -0.465 e. The van der Waals surface area contributed by atoms with Crippen LogP contribution in [0.4, 0.5) is 0 Å². The highest BCUT2D eigenvalue weighted by atomic mass is 16.6. The predicted octanol–water partition coefficient (Wildman–Crippen LogP) is 4.55. The lowest BCUT2D eigenvalue weighted by molar-refractivity contribution is -0.160. The summed E-state index contributed by atoms with van der Waals surface area (Å²) in [4.78, 5) is 46.0. The van der Waals surface area contributed by atoms with Gasteiger partial charge in [-0.15, -0.1) is 13.2 Å². The van der Waals surface area contributed by atoms with Gasteiger partial charge >= 0.3 is 5.97 Å². The highest BCUT2D eigenvalue weighted by Crippen LogP contribution is 2.63. The topological polar surface area (TPSA) is 96.4 Å². The average molecular weight is 559 g/mol. The zero-order valence-electron chi connectivity index (χ0n) is 24.5. The number of hydrogen-bond donors (Lipinski definition) is 1. The monoisotopic (exact) mass is 558 g/mol. The van der Waals surface area contributed by atoms with E-state index in [1.165, 1.54) is 6.42 Å². The number of carbonyl (C=O) groups excluding carboxylic acids is 3. The third-order valence-corrected chi connectivity index (χ3v) is 9.74. The molecule has 0 aromatic rings. The second-order valence-electron chi connectivity index (χ2n) is 12.4. The molecule has 8 heteroatoms. The maximum Gasteiger partial charge on any atom is 0.312 e. The maximum atomic E-state index is 14.6. The average Bonchev–Trinajstić information content (AvgIpc) is 3.52. The second-order valence-corrected chi connectivity index (χ2v) is 12.4. The fourth-order valence-electron chi connectivity index (χ4n) is 7.81. The van der Waals surface area contributed by atoms with Crippen LogP contribution in [0, 0.1) is 11.8 Å². The largest absolute Gasteiger partial charge is 0.465 e. The van der Waals surface area contributed by atoms with E-state index in [2.05, 4.69) is 13.2 Å². The van der Waals surface area contributed by atoms with Gasteiger partial charge in [0.15, 0.2) is 0 Å². The van der Waals surface area contributed by atoms with Crippen molar-refractivity contribution in [3.05, 3.63) is 25.3 Å². The van der Waals surface area contributed by atoms with Gasteiger partial charge in [0.05, 0.1) is 18.1 Å². The van der Waals surface area contributed by atoms with E-state index in [0.717, 1.165) is 70.6 Å². The predicted molar refractivity (Wildman–Crippen MR) is 153 cm³/mol. The molecule has 1 saturated carbocycles. The highest BCUT2D eigenvalue weighted by molar-refractivity contribution is 5.98. The smallest absolute Gasteiger partial charge is 0.312 e. The standard InChI is InChI=1S/C32H50N2O6/c1-4-6-7-15-23-39-30(38)26-25-28(36)34(21-13-8-9-14-22-35)27(32(25)19-18-31(26,3)40-32)29(37)33(20-5-2)24-16-11-10-12-17-24/h4-5,24-27,35H,1-2,6-23H2,3H3/t25-,26+,27?,31-,32?/m0/s1. The third-order valence-electron chi connectivity index (χ3n) is 9.74. The fraction of sp³-hybridized carbons (Fsp3) is 0.781. The van der Waals surface area contributed by atoms with E-state index < -0.39 is 29.1 Å². The molecule has 5 atom stereocenters. The molecule has 0 aromatic carbocycles. The summed E-state index contributed by atoms with van der Waals surface area (Å²) in [5.41, 5.74) is -1.84. The van der Waals surface area contributed by atoms with E-state index in [0.29, 0.717) is 32.5 Å². The summed E-state index contributed by atoms with van der Waals surface area (Å²) in [5, 5.41) is 9.17. The van der Waals surface area contributed by atoms with E-state index in [9.17, 15) is 19.5 Å². The van der Waals surface area contributed by atoms with Gasteiger partial charge in [-0.1, -0.05) is 44.3 Å². The molecule has 1 spiro atoms. The normalized spacial score (nSPS) is 31.3. The zero-order valence-corrected chi connectivity index (χ0v) is 24.5. The molecule has 0 radical (unpaired) electrons. The molecular weight excluding hydrogens is 508 g/mol. The van der Waals surface area contributed by atoms with Crippen LogP contribution in [-0.2, 0) is 23.9 Å². The summed E-state index contributed by atoms with van der Waals surface area (Å²) in [6.45, 7) is 10.9. The first kappa shape index (κ1) is 30.8. The number of fused-ring (bicyclic) bond motifs is 1. The lowest BCUT2D eigenvalue weighted by Crippen LogP contribution is -2.58. The number of rotatable bonds is 16. The van der Waals surface area contributed by atoms with Crippen LogP contribution in [0.5, 0.6) is 0 Å². The lowest BCUT2D eigenvalue weighted by Gasteiger charge is -2.40. The van der Waals surface area contributed by atoms with Crippen LogP contribution < -0.4 is 0 Å². The van der Waals surface area contributed by atoms with Crippen molar-refractivity contribution in [3.63, 3.8) is 0 Å². The zero-order chi connectivity index (χ0) is 28.8. The molecule has 0 aromatic heterocycles. The fourth-order valence-corrected chi connectivity index (χ4v) is 7.81. The van der Waals surface area contributed by atoms with E-state index in [4.69, 9.17) is 9.47 Å². The summed E-state index contributed by atoms with van der Waals surface area (Å²) in [6.07, 6.45) is 15.8. The number of allylic oxidation sites excluding steroid dienone is 1. The van der Waals surface area contributed by atoms with Crippen molar-refractivity contribution in [2.24, 2.45) is 11.8 Å². The third kappa shape index (κ3) is 5.89. The maximum absolute atomic E-state index is 14.6. The Labute approximate surface area is 240 Å². The Bertz CT molecular complexity index is 932. The van der Waals surface area contributed by atoms with Crippen molar-refractivity contribution in [2.45, 2.75) is 120 Å². The summed E-state index contributed by atoms with van der Waals surface area (Å²) in [7, 11) is 0. The molecule has 40 heavy (non-hydrogen) atoms. The molecule has 4 aliphatic rings. The van der Waals surface area contributed by atoms with E-state index in [1.54, 1.807) is 11.0 Å². The first-order valence-electron chi connectivity index (χ1n) is 15.6. The van der Waals surface area contributed by atoms with Crippen LogP contribution in [0.15, 0.2) is 25.3 Å². The van der Waals surface area contributed by atoms with Crippen molar-refractivity contribution in [3.8, 4) is 0 Å². The molecule has 3 aliphatic heterocycles. The molecule has 3 heterocycles. The molecule has 4 rings (SSSR count). The Morgan fingerprint density at radius 1 is 1.07 bits per heavy atom. The number of likely N-dealkylation sites (tertiary alicyclic amines) is 1. The van der Waals surface area contributed by atoms with Gasteiger partial charge in [0, 0.05) is 25.7 Å². The van der Waals surface area contributed by atoms with Crippen molar-refractivity contribution in [1.82, 2.24) is 9.80 Å². The van der Waals surface area contributed by atoms with Crippen molar-refractivity contribution in [2.75, 3.05) is 26.3 Å². The molecule has 224 valence electrons. The Morgan fingerprint density at radius 2 is 1.82 bits per heavy atom. The summed E-state index contributed by atoms with van der Waals surface area (Å²) >= 11 is 0. The van der Waals surface area contributed by atoms with Crippen LogP contribution in [0.1, 0.15) is 96.8 Å². The Morgan fingerprint density at radius 3 is 2.52 bits per heavy atom. The molecule has 8 nitrogen and oxygen atoms in total. The van der Waals surface area contributed by atoms with Crippen molar-refractivity contribution in [1.29, 1.82) is 0 Å². The first-order valence-corrected chi connectivity index (χ1v) is 15.6. The van der Waals surface area contributed by atoms with Crippen molar-refractivity contribution >= 4 is 17.8 Å². The van der Waals surface area contributed by atoms with Gasteiger partial charge in [-0.2, -0.15) is 0 Å². The minimum atomic E-state index is -1.02. The number of amides is 2. The van der Waals surface area contributed by atoms with Gasteiger partial charge in [-0.25, -0.2) is 0 Å². The van der Waals surface area contributed by atoms with Crippen LogP contribution in [0.2, 0.25) is 0 Å². The lowest BCUT2D eigenvalue weighted by atomic mass is 9.66. The van der Waals surface area contributed by atoms with E-state index >= 15 is 0 Å². The van der Waals surface area contributed by atoms with Gasteiger partial charge < -0.3 is 24.4 Å². The van der Waals surface area contributed by atoms with Gasteiger partial charge in [-0.05, 0) is 64.7 Å². The minimum absolute atomic E-state index is 0.0688. The van der Waals surface area contributed by atoms with Crippen LogP contribution >= 0.6 is 0 Å². The number of unbranched alkanes of at least 4 members (excludes halogenated alkanes) is 5. The molecule has 2 unspecified atom stereocenters. The number of esters is 1.